The molecule has 1 atom stereocenters. The predicted octanol–water partition coefficient (Wildman–Crippen LogP) is 10.0. The van der Waals surface area contributed by atoms with Crippen LogP contribution in [0.5, 0.6) is 5.75 Å². The van der Waals surface area contributed by atoms with Gasteiger partial charge in [0.25, 0.3) is 5.84 Å². The topological polar surface area (TPSA) is 58.6 Å². The summed E-state index contributed by atoms with van der Waals surface area (Å²) in [5, 5.41) is 19.4. The number of hydrogen-bond donors (Lipinski definition) is 3. The summed E-state index contributed by atoms with van der Waals surface area (Å²) in [6.07, 6.45) is -0.245. The molecular formula is C45H30N3OS2+. The van der Waals surface area contributed by atoms with Crippen LogP contribution in [0.4, 0.5) is 0 Å². The van der Waals surface area contributed by atoms with E-state index >= 15 is 0 Å². The average molecular weight is 693 g/mol. The van der Waals surface area contributed by atoms with Gasteiger partial charge < -0.3 is 10.4 Å². The van der Waals surface area contributed by atoms with Crippen LogP contribution in [-0.2, 0) is 0 Å². The van der Waals surface area contributed by atoms with Crippen molar-refractivity contribution in [3.05, 3.63) is 174 Å². The largest absolute Gasteiger partial charge is 0.507 e. The Morgan fingerprint density at radius 3 is 1.94 bits per heavy atom. The minimum Gasteiger partial charge on any atom is -0.507 e. The van der Waals surface area contributed by atoms with Crippen LogP contribution in [0.25, 0.3) is 62.6 Å². The van der Waals surface area contributed by atoms with E-state index < -0.39 is 0 Å². The molecule has 9 aromatic rings. The first-order valence-corrected chi connectivity index (χ1v) is 18.6. The average Bonchev–Trinajstić information content (AvgIpc) is 3.77. The van der Waals surface area contributed by atoms with Gasteiger partial charge in [0.1, 0.15) is 5.75 Å². The lowest BCUT2D eigenvalue weighted by Crippen LogP contribution is -2.80. The van der Waals surface area contributed by atoms with Gasteiger partial charge in [-0.05, 0) is 53.0 Å². The Kier molecular flexibility index (Phi) is 7.05. The fourth-order valence-electron chi connectivity index (χ4n) is 7.26. The quantitative estimate of drug-likeness (QED) is 0.168. The number of aliphatic imine (C=N–C) groups is 1. The highest BCUT2D eigenvalue weighted by atomic mass is 32.1. The van der Waals surface area contributed by atoms with Gasteiger partial charge >= 0.3 is 5.84 Å². The summed E-state index contributed by atoms with van der Waals surface area (Å²) in [4.78, 5) is 8.86. The van der Waals surface area contributed by atoms with Gasteiger partial charge in [-0.25, -0.2) is 4.99 Å². The minimum absolute atomic E-state index is 0.245. The summed E-state index contributed by atoms with van der Waals surface area (Å²) in [6.45, 7) is 0. The van der Waals surface area contributed by atoms with Crippen LogP contribution in [0.3, 0.4) is 0 Å². The maximum absolute atomic E-state index is 10.6. The second-order valence-electron chi connectivity index (χ2n) is 12.8. The smallest absolute Gasteiger partial charge is 0.328 e. The van der Waals surface area contributed by atoms with Crippen molar-refractivity contribution in [1.82, 2.24) is 5.32 Å². The van der Waals surface area contributed by atoms with Crippen LogP contribution < -0.4 is 10.3 Å². The fraction of sp³-hybridized carbons (Fsp3) is 0.0222. The van der Waals surface area contributed by atoms with Crippen molar-refractivity contribution >= 4 is 74.7 Å². The molecule has 7 aromatic carbocycles. The monoisotopic (exact) mass is 692 g/mol. The molecule has 0 aliphatic carbocycles. The highest BCUT2D eigenvalue weighted by Crippen LogP contribution is 2.45. The van der Waals surface area contributed by atoms with Crippen molar-refractivity contribution in [1.29, 1.82) is 0 Å². The van der Waals surface area contributed by atoms with Crippen LogP contribution in [0.15, 0.2) is 163 Å². The number of aromatic hydroxyl groups is 1. The number of fused-ring (bicyclic) bond motifs is 6. The first-order chi connectivity index (χ1) is 25.2. The third-order valence-corrected chi connectivity index (χ3v) is 12.2. The molecule has 0 spiro atoms. The van der Waals surface area contributed by atoms with Crippen molar-refractivity contribution in [3.8, 4) is 28.0 Å². The molecule has 4 nitrogen and oxygen atoms in total. The number of phenolic OH excluding ortho intramolecular Hbond substituents is 1. The summed E-state index contributed by atoms with van der Waals surface area (Å²) in [7, 11) is 0. The zero-order valence-corrected chi connectivity index (χ0v) is 28.9. The van der Waals surface area contributed by atoms with Crippen LogP contribution in [0.1, 0.15) is 22.9 Å². The van der Waals surface area contributed by atoms with Gasteiger partial charge in [0, 0.05) is 68.2 Å². The lowest BCUT2D eigenvalue weighted by Gasteiger charge is -2.19. The Morgan fingerprint density at radius 1 is 0.510 bits per heavy atom. The number of nitrogens with one attached hydrogen (secondary N) is 2. The Balaban J connectivity index is 1.10. The summed E-state index contributed by atoms with van der Waals surface area (Å²) in [5.74, 6) is 1.87. The van der Waals surface area contributed by atoms with E-state index in [1.165, 1.54) is 51.5 Å². The second kappa shape index (κ2) is 12.1. The molecule has 3 heterocycles. The normalized spacial score (nSPS) is 14.5. The van der Waals surface area contributed by atoms with Gasteiger partial charge in [-0.1, -0.05) is 115 Å². The molecular weight excluding hydrogens is 663 g/mol. The fourth-order valence-corrected chi connectivity index (χ4v) is 9.76. The van der Waals surface area contributed by atoms with Crippen molar-refractivity contribution in [2.75, 3.05) is 0 Å². The zero-order valence-electron chi connectivity index (χ0n) is 27.3. The first kappa shape index (κ1) is 29.8. The van der Waals surface area contributed by atoms with Crippen LogP contribution in [-0.4, -0.2) is 16.8 Å². The highest BCUT2D eigenvalue weighted by molar-refractivity contribution is 7.27. The van der Waals surface area contributed by atoms with E-state index in [0.717, 1.165) is 39.5 Å². The number of amidine groups is 2. The standard InChI is InChI=1S/C45H29N3OS2/c49-38-21-6-4-15-31(38)28-13-8-14-29(25-28)44-46-43(27-11-2-1-3-12-27)47-45(48-44)30-23-24-33-35-18-10-20-37(42(35)51-40(33)26-30)36-19-9-17-34-32-16-5-7-22-39(32)50-41(34)36/h1-26,44,49H,(H,46,47,48)/p+1. The zero-order chi connectivity index (χ0) is 33.9. The molecule has 0 saturated heterocycles. The molecule has 1 unspecified atom stereocenters. The molecule has 0 amide bonds. The van der Waals surface area contributed by atoms with Crippen LogP contribution >= 0.6 is 22.7 Å². The summed E-state index contributed by atoms with van der Waals surface area (Å²) >= 11 is 3.72. The van der Waals surface area contributed by atoms with E-state index in [1.807, 2.05) is 71.2 Å². The number of para-hydroxylation sites is 1. The maximum atomic E-state index is 10.6. The Morgan fingerprint density at radius 2 is 1.14 bits per heavy atom. The van der Waals surface area contributed by atoms with E-state index in [1.54, 1.807) is 6.07 Å². The van der Waals surface area contributed by atoms with Gasteiger partial charge in [0.2, 0.25) is 0 Å². The Labute approximate surface area is 302 Å². The molecule has 0 bridgehead atoms. The molecule has 0 fully saturated rings. The van der Waals surface area contributed by atoms with Gasteiger partial charge in [0.15, 0.2) is 6.17 Å². The van der Waals surface area contributed by atoms with Crippen LogP contribution in [0.2, 0.25) is 0 Å². The molecule has 0 radical (unpaired) electrons. The number of nitrogens with zero attached hydrogens (tertiary/aromatic N) is 1. The number of benzene rings is 7. The summed E-state index contributed by atoms with van der Waals surface area (Å²) in [6, 6.07) is 54.8. The van der Waals surface area contributed by atoms with Gasteiger partial charge in [-0.3, -0.25) is 0 Å². The van der Waals surface area contributed by atoms with Gasteiger partial charge in [-0.2, -0.15) is 0 Å². The van der Waals surface area contributed by atoms with Crippen molar-refractivity contribution in [3.63, 3.8) is 0 Å². The summed E-state index contributed by atoms with van der Waals surface area (Å²) in [5.41, 5.74) is 7.39. The Hall–Kier alpha value is -6.08. The van der Waals surface area contributed by atoms with Gasteiger partial charge in [0.05, 0.1) is 5.56 Å². The van der Waals surface area contributed by atoms with Crippen molar-refractivity contribution < 1.29 is 10.1 Å². The maximum Gasteiger partial charge on any atom is 0.328 e. The number of phenols is 1. The van der Waals surface area contributed by atoms with Crippen molar-refractivity contribution in [2.24, 2.45) is 4.99 Å². The third kappa shape index (κ3) is 5.11. The summed E-state index contributed by atoms with van der Waals surface area (Å²) < 4.78 is 5.17. The number of hydrogen-bond acceptors (Lipinski definition) is 5. The highest BCUT2D eigenvalue weighted by Gasteiger charge is 2.28. The molecule has 51 heavy (non-hydrogen) atoms. The molecule has 2 aromatic heterocycles. The molecule has 1 aliphatic heterocycles. The van der Waals surface area contributed by atoms with E-state index in [4.69, 9.17) is 4.99 Å². The van der Waals surface area contributed by atoms with Crippen LogP contribution in [0, 0.1) is 0 Å². The predicted molar refractivity (Wildman–Crippen MR) is 215 cm³/mol. The molecule has 3 N–H and O–H groups in total. The van der Waals surface area contributed by atoms with E-state index in [9.17, 15) is 5.11 Å². The molecule has 6 heteroatoms. The third-order valence-electron chi connectivity index (χ3n) is 9.73. The lowest BCUT2D eigenvalue weighted by atomic mass is 10.00. The molecule has 242 valence electrons. The first-order valence-electron chi connectivity index (χ1n) is 17.0. The lowest BCUT2D eigenvalue weighted by molar-refractivity contribution is -0.516. The van der Waals surface area contributed by atoms with E-state index in [2.05, 4.69) is 113 Å². The van der Waals surface area contributed by atoms with Crippen molar-refractivity contribution in [2.45, 2.75) is 6.17 Å². The second-order valence-corrected chi connectivity index (χ2v) is 14.9. The Bertz CT molecular complexity index is 2870. The molecule has 1 aliphatic rings. The molecule has 10 rings (SSSR count). The minimum atomic E-state index is -0.245. The number of rotatable bonds is 5. The van der Waals surface area contributed by atoms with E-state index in [-0.39, 0.29) is 11.9 Å². The van der Waals surface area contributed by atoms with Gasteiger partial charge in [-0.15, -0.1) is 22.7 Å². The molecule has 0 saturated carbocycles. The van der Waals surface area contributed by atoms with E-state index in [0.29, 0.717) is 0 Å². The SMILES string of the molecule is Oc1ccccc1-c1cccc(C2NC(c3ccccc3)=NC(c3ccc4c(c3)sc3c(-c5cccc6c5sc5ccccc56)cccc34)=[NH+]2)c1. The number of thiophene rings is 2.